The fourth-order valence-corrected chi connectivity index (χ4v) is 3.76. The Balaban J connectivity index is 1.65. The van der Waals surface area contributed by atoms with Gasteiger partial charge in [-0.1, -0.05) is 29.8 Å². The normalized spacial score (nSPS) is 17.2. The van der Waals surface area contributed by atoms with Gasteiger partial charge in [0.15, 0.2) is 0 Å². The molecule has 164 valence electrons. The van der Waals surface area contributed by atoms with Crippen molar-refractivity contribution in [3.63, 3.8) is 0 Å². The average molecular weight is 446 g/mol. The maximum absolute atomic E-state index is 13.1. The van der Waals surface area contributed by atoms with Gasteiger partial charge in [-0.05, 0) is 41.5 Å². The summed E-state index contributed by atoms with van der Waals surface area (Å²) in [5.74, 6) is -0.730. The van der Waals surface area contributed by atoms with Gasteiger partial charge >= 0.3 is 0 Å². The molecule has 0 aromatic heterocycles. The molecule has 1 saturated heterocycles. The third kappa shape index (κ3) is 6.37. The predicted molar refractivity (Wildman–Crippen MR) is 119 cm³/mol. The van der Waals surface area contributed by atoms with E-state index in [1.807, 2.05) is 0 Å². The molecule has 2 aromatic rings. The number of piperazine rings is 1. The Morgan fingerprint density at radius 3 is 2.65 bits per heavy atom. The zero-order chi connectivity index (χ0) is 22.4. The summed E-state index contributed by atoms with van der Waals surface area (Å²) in [6, 6.07) is 11.0. The fraction of sp³-hybridized carbons (Fsp3) is 0.304. The van der Waals surface area contributed by atoms with Crippen LogP contribution in [0.2, 0.25) is 5.02 Å². The fourth-order valence-electron chi connectivity index (χ4n) is 3.59. The number of amides is 2. The van der Waals surface area contributed by atoms with Gasteiger partial charge in [0.1, 0.15) is 5.82 Å². The molecule has 1 atom stereocenters. The zero-order valence-corrected chi connectivity index (χ0v) is 18.0. The first-order chi connectivity index (χ1) is 14.9. The average Bonchev–Trinajstić information content (AvgIpc) is 2.74. The van der Waals surface area contributed by atoms with E-state index >= 15 is 0 Å². The molecule has 1 fully saturated rings. The van der Waals surface area contributed by atoms with Crippen LogP contribution >= 0.6 is 11.6 Å². The third-order valence-corrected chi connectivity index (χ3v) is 5.35. The molecular weight excluding hydrogens is 421 g/mol. The van der Waals surface area contributed by atoms with Crippen molar-refractivity contribution in [1.82, 2.24) is 9.80 Å². The number of aliphatic hydroxyl groups excluding tert-OH is 1. The molecule has 1 unspecified atom stereocenters. The molecule has 0 spiro atoms. The highest BCUT2D eigenvalue weighted by atomic mass is 35.5. The van der Waals surface area contributed by atoms with Crippen molar-refractivity contribution in [2.45, 2.75) is 19.5 Å². The first-order valence-electron chi connectivity index (χ1n) is 9.99. The lowest BCUT2D eigenvalue weighted by molar-refractivity contribution is -0.132. The highest BCUT2D eigenvalue weighted by Crippen LogP contribution is 2.23. The number of hydrogen-bond acceptors (Lipinski definition) is 4. The van der Waals surface area contributed by atoms with Gasteiger partial charge in [-0.25, -0.2) is 4.39 Å². The minimum absolute atomic E-state index is 0.155. The number of halogens is 2. The number of rotatable bonds is 6. The number of aliphatic hydroxyl groups is 1. The van der Waals surface area contributed by atoms with Crippen molar-refractivity contribution < 1.29 is 19.1 Å². The van der Waals surface area contributed by atoms with E-state index in [-0.39, 0.29) is 30.3 Å². The predicted octanol–water partition coefficient (Wildman–Crippen LogP) is 3.16. The van der Waals surface area contributed by atoms with Gasteiger partial charge in [-0.2, -0.15) is 0 Å². The van der Waals surface area contributed by atoms with Crippen LogP contribution in [0.5, 0.6) is 0 Å². The molecule has 3 rings (SSSR count). The summed E-state index contributed by atoms with van der Waals surface area (Å²) >= 11 is 6.00. The molecule has 0 radical (unpaired) electrons. The number of nitrogens with zero attached hydrogens (tertiary/aromatic N) is 2. The number of benzene rings is 2. The SMILES string of the molecule is CC(=O)Nc1cc(Cl)ccc1C=CC(=O)N1CCN(Cc2ccc(F)cc2)CC1CO. The molecule has 0 aliphatic carbocycles. The summed E-state index contributed by atoms with van der Waals surface area (Å²) in [7, 11) is 0. The van der Waals surface area contributed by atoms with Crippen LogP contribution in [0.25, 0.3) is 6.08 Å². The second-order valence-electron chi connectivity index (χ2n) is 7.48. The quantitative estimate of drug-likeness (QED) is 0.670. The first-order valence-corrected chi connectivity index (χ1v) is 10.4. The lowest BCUT2D eigenvalue weighted by Gasteiger charge is -2.40. The lowest BCUT2D eigenvalue weighted by atomic mass is 10.1. The van der Waals surface area contributed by atoms with E-state index in [1.54, 1.807) is 41.3 Å². The molecule has 1 heterocycles. The number of nitrogens with one attached hydrogen (secondary N) is 1. The minimum atomic E-state index is -0.341. The van der Waals surface area contributed by atoms with Crippen LogP contribution in [0, 0.1) is 5.82 Å². The second-order valence-corrected chi connectivity index (χ2v) is 7.91. The molecule has 0 bridgehead atoms. The maximum atomic E-state index is 13.1. The molecule has 2 N–H and O–H groups in total. The van der Waals surface area contributed by atoms with Crippen LogP contribution < -0.4 is 5.32 Å². The Kier molecular flexibility index (Phi) is 7.79. The smallest absolute Gasteiger partial charge is 0.246 e. The number of hydrogen-bond donors (Lipinski definition) is 2. The third-order valence-electron chi connectivity index (χ3n) is 5.11. The van der Waals surface area contributed by atoms with E-state index in [0.29, 0.717) is 42.5 Å². The van der Waals surface area contributed by atoms with E-state index in [0.717, 1.165) is 5.56 Å². The van der Waals surface area contributed by atoms with Crippen LogP contribution in [0.15, 0.2) is 48.5 Å². The van der Waals surface area contributed by atoms with Gasteiger partial charge in [-0.15, -0.1) is 0 Å². The monoisotopic (exact) mass is 445 g/mol. The van der Waals surface area contributed by atoms with E-state index in [1.165, 1.54) is 25.1 Å². The van der Waals surface area contributed by atoms with Crippen LogP contribution in [0.1, 0.15) is 18.1 Å². The van der Waals surface area contributed by atoms with Crippen molar-refractivity contribution in [3.8, 4) is 0 Å². The molecule has 0 saturated carbocycles. The topological polar surface area (TPSA) is 72.9 Å². The highest BCUT2D eigenvalue weighted by Gasteiger charge is 2.28. The first kappa shape index (κ1) is 22.9. The maximum Gasteiger partial charge on any atom is 0.246 e. The summed E-state index contributed by atoms with van der Waals surface area (Å²) in [4.78, 5) is 28.0. The van der Waals surface area contributed by atoms with Gasteiger partial charge in [0.2, 0.25) is 11.8 Å². The highest BCUT2D eigenvalue weighted by molar-refractivity contribution is 6.31. The number of anilines is 1. The van der Waals surface area contributed by atoms with Crippen LogP contribution in [-0.2, 0) is 16.1 Å². The lowest BCUT2D eigenvalue weighted by Crippen LogP contribution is -2.55. The van der Waals surface area contributed by atoms with Crippen molar-refractivity contribution in [2.75, 3.05) is 31.6 Å². The zero-order valence-electron chi connectivity index (χ0n) is 17.2. The van der Waals surface area contributed by atoms with Gasteiger partial charge in [0.05, 0.1) is 12.6 Å². The Morgan fingerprint density at radius 2 is 1.97 bits per heavy atom. The van der Waals surface area contributed by atoms with Gasteiger partial charge in [-0.3, -0.25) is 14.5 Å². The van der Waals surface area contributed by atoms with Crippen molar-refractivity contribution in [3.05, 3.63) is 70.5 Å². The minimum Gasteiger partial charge on any atom is -0.394 e. The van der Waals surface area contributed by atoms with Gasteiger partial charge < -0.3 is 15.3 Å². The Labute approximate surface area is 185 Å². The van der Waals surface area contributed by atoms with E-state index in [4.69, 9.17) is 11.6 Å². The van der Waals surface area contributed by atoms with Gasteiger partial charge in [0.25, 0.3) is 0 Å². The second kappa shape index (κ2) is 10.5. The number of carbonyl (C=O) groups is 2. The number of carbonyl (C=O) groups excluding carboxylic acids is 2. The molecule has 2 aromatic carbocycles. The summed E-state index contributed by atoms with van der Waals surface area (Å²) in [5.41, 5.74) is 2.15. The molecule has 1 aliphatic heterocycles. The molecule has 31 heavy (non-hydrogen) atoms. The summed E-state index contributed by atoms with van der Waals surface area (Å²) in [6.45, 7) is 3.50. The van der Waals surface area contributed by atoms with E-state index in [2.05, 4.69) is 10.2 Å². The van der Waals surface area contributed by atoms with Crippen LogP contribution in [0.4, 0.5) is 10.1 Å². The Hall–Kier alpha value is -2.74. The molecule has 2 amide bonds. The van der Waals surface area contributed by atoms with Gasteiger partial charge in [0, 0.05) is 49.9 Å². The van der Waals surface area contributed by atoms with Crippen LogP contribution in [0.3, 0.4) is 0 Å². The Morgan fingerprint density at radius 1 is 1.23 bits per heavy atom. The molecule has 1 aliphatic rings. The van der Waals surface area contributed by atoms with Crippen LogP contribution in [-0.4, -0.2) is 59.0 Å². The van der Waals surface area contributed by atoms with Crippen molar-refractivity contribution in [2.24, 2.45) is 0 Å². The van der Waals surface area contributed by atoms with Crippen molar-refractivity contribution in [1.29, 1.82) is 0 Å². The standard InChI is InChI=1S/C23H25ClFN3O3/c1-16(30)26-22-12-19(24)6-4-18(22)5-9-23(31)28-11-10-27(14-21(28)15-29)13-17-2-7-20(25)8-3-17/h2-9,12,21,29H,10-11,13-15H2,1H3,(H,26,30). The largest absolute Gasteiger partial charge is 0.394 e. The summed E-state index contributed by atoms with van der Waals surface area (Å²) < 4.78 is 13.1. The molecular formula is C23H25ClFN3O3. The van der Waals surface area contributed by atoms with Crippen molar-refractivity contribution >= 4 is 35.2 Å². The molecule has 8 heteroatoms. The summed E-state index contributed by atoms with van der Waals surface area (Å²) in [5, 5.41) is 13.0. The van der Waals surface area contributed by atoms with E-state index < -0.39 is 0 Å². The molecule has 6 nitrogen and oxygen atoms in total. The van der Waals surface area contributed by atoms with E-state index in [9.17, 15) is 19.1 Å². The Bertz CT molecular complexity index is 965. The summed E-state index contributed by atoms with van der Waals surface area (Å²) in [6.07, 6.45) is 3.07.